The van der Waals surface area contributed by atoms with Crippen LogP contribution in [0.1, 0.15) is 21.7 Å². The third-order valence-corrected chi connectivity index (χ3v) is 4.65. The summed E-state index contributed by atoms with van der Waals surface area (Å²) < 4.78 is 0. The third-order valence-electron chi connectivity index (χ3n) is 2.80. The van der Waals surface area contributed by atoms with Crippen LogP contribution in [-0.4, -0.2) is 16.6 Å². The summed E-state index contributed by atoms with van der Waals surface area (Å²) in [5, 5.41) is 14.7. The van der Waals surface area contributed by atoms with Gasteiger partial charge in [-0.3, -0.25) is 4.79 Å². The molecule has 0 spiro atoms. The van der Waals surface area contributed by atoms with Crippen molar-refractivity contribution >= 4 is 29.0 Å². The van der Waals surface area contributed by atoms with Gasteiger partial charge in [0.15, 0.2) is 0 Å². The highest BCUT2D eigenvalue weighted by atomic mass is 32.2. The molecular weight excluding hydrogens is 302 g/mol. The molecule has 0 saturated heterocycles. The molecule has 2 heterocycles. The average molecular weight is 317 g/mol. The molecule has 0 aliphatic rings. The van der Waals surface area contributed by atoms with Gasteiger partial charge in [0.05, 0.1) is 17.9 Å². The number of carbonyl (C=O) groups excluding carboxylic acids is 1. The predicted octanol–water partition coefficient (Wildman–Crippen LogP) is 3.04. The summed E-state index contributed by atoms with van der Waals surface area (Å²) in [6.45, 7) is 4.31. The van der Waals surface area contributed by atoms with Crippen LogP contribution in [0.5, 0.6) is 0 Å². The zero-order valence-corrected chi connectivity index (χ0v) is 13.5. The molecular formula is C15H15N3OS2. The SMILES string of the molecule is Cc1cc(C)c(C#N)c(SCC(=O)NCc2cccs2)n1. The van der Waals surface area contributed by atoms with E-state index in [0.717, 1.165) is 16.1 Å². The number of hydrogen-bond donors (Lipinski definition) is 1. The molecule has 2 rings (SSSR count). The number of thioether (sulfide) groups is 1. The molecule has 0 aliphatic heterocycles. The van der Waals surface area contributed by atoms with Crippen molar-refractivity contribution in [2.24, 2.45) is 0 Å². The van der Waals surface area contributed by atoms with Gasteiger partial charge in [-0.25, -0.2) is 4.98 Å². The van der Waals surface area contributed by atoms with Crippen LogP contribution in [0.25, 0.3) is 0 Å². The number of rotatable bonds is 5. The summed E-state index contributed by atoms with van der Waals surface area (Å²) in [6, 6.07) is 7.97. The summed E-state index contributed by atoms with van der Waals surface area (Å²) in [7, 11) is 0. The Morgan fingerprint density at radius 2 is 2.33 bits per heavy atom. The number of aryl methyl sites for hydroxylation is 2. The van der Waals surface area contributed by atoms with E-state index in [0.29, 0.717) is 17.1 Å². The van der Waals surface area contributed by atoms with Gasteiger partial charge in [-0.2, -0.15) is 5.26 Å². The lowest BCUT2D eigenvalue weighted by atomic mass is 10.1. The molecule has 0 unspecified atom stereocenters. The van der Waals surface area contributed by atoms with E-state index in [2.05, 4.69) is 16.4 Å². The first kappa shape index (κ1) is 15.5. The second kappa shape index (κ2) is 7.25. The van der Waals surface area contributed by atoms with Gasteiger partial charge in [0, 0.05) is 10.6 Å². The fourth-order valence-electron chi connectivity index (χ4n) is 1.83. The molecule has 2 aromatic heterocycles. The zero-order chi connectivity index (χ0) is 15.2. The normalized spacial score (nSPS) is 10.1. The number of aromatic nitrogens is 1. The Bertz CT molecular complexity index is 675. The van der Waals surface area contributed by atoms with Crippen molar-refractivity contribution in [2.45, 2.75) is 25.4 Å². The lowest BCUT2D eigenvalue weighted by Crippen LogP contribution is -2.24. The molecule has 4 nitrogen and oxygen atoms in total. The number of nitrogens with one attached hydrogen (secondary N) is 1. The topological polar surface area (TPSA) is 65.8 Å². The monoisotopic (exact) mass is 317 g/mol. The Kier molecular flexibility index (Phi) is 5.37. The van der Waals surface area contributed by atoms with Gasteiger partial charge < -0.3 is 5.32 Å². The molecule has 0 aromatic carbocycles. The second-order valence-electron chi connectivity index (χ2n) is 4.52. The van der Waals surface area contributed by atoms with Crippen LogP contribution < -0.4 is 5.32 Å². The molecule has 0 saturated carbocycles. The van der Waals surface area contributed by atoms with Crippen molar-refractivity contribution in [3.8, 4) is 6.07 Å². The van der Waals surface area contributed by atoms with Gasteiger partial charge in [0.1, 0.15) is 11.1 Å². The number of nitriles is 1. The first-order chi connectivity index (χ1) is 10.1. The molecule has 0 bridgehead atoms. The Balaban J connectivity index is 1.93. The number of pyridine rings is 1. The molecule has 108 valence electrons. The Morgan fingerprint density at radius 1 is 1.52 bits per heavy atom. The fourth-order valence-corrected chi connectivity index (χ4v) is 3.40. The largest absolute Gasteiger partial charge is 0.350 e. The van der Waals surface area contributed by atoms with E-state index in [1.807, 2.05) is 37.4 Å². The van der Waals surface area contributed by atoms with Crippen LogP contribution in [0.15, 0.2) is 28.6 Å². The van der Waals surface area contributed by atoms with Crippen LogP contribution in [0.2, 0.25) is 0 Å². The highest BCUT2D eigenvalue weighted by Crippen LogP contribution is 2.23. The standard InChI is InChI=1S/C15H15N3OS2/c1-10-6-11(2)18-15(13(10)7-16)21-9-14(19)17-8-12-4-3-5-20-12/h3-6H,8-9H2,1-2H3,(H,17,19). The average Bonchev–Trinajstić information content (AvgIpc) is 2.95. The van der Waals surface area contributed by atoms with Gasteiger partial charge in [-0.1, -0.05) is 17.8 Å². The zero-order valence-electron chi connectivity index (χ0n) is 11.8. The molecule has 21 heavy (non-hydrogen) atoms. The minimum atomic E-state index is -0.0572. The minimum absolute atomic E-state index is 0.0572. The van der Waals surface area contributed by atoms with Gasteiger partial charge in [0.2, 0.25) is 5.91 Å². The number of carbonyl (C=O) groups is 1. The van der Waals surface area contributed by atoms with E-state index in [9.17, 15) is 10.1 Å². The highest BCUT2D eigenvalue weighted by molar-refractivity contribution is 8.00. The minimum Gasteiger partial charge on any atom is -0.350 e. The molecule has 0 radical (unpaired) electrons. The Labute approximate surface area is 132 Å². The summed E-state index contributed by atoms with van der Waals surface area (Å²) in [4.78, 5) is 17.3. The molecule has 1 amide bonds. The summed E-state index contributed by atoms with van der Waals surface area (Å²) in [5.41, 5.74) is 2.30. The molecule has 0 atom stereocenters. The number of hydrogen-bond acceptors (Lipinski definition) is 5. The maximum Gasteiger partial charge on any atom is 0.230 e. The molecule has 2 aromatic rings. The van der Waals surface area contributed by atoms with Gasteiger partial charge in [-0.15, -0.1) is 11.3 Å². The maximum atomic E-state index is 11.8. The maximum absolute atomic E-state index is 11.8. The van der Waals surface area contributed by atoms with Crippen LogP contribution in [0.4, 0.5) is 0 Å². The lowest BCUT2D eigenvalue weighted by Gasteiger charge is -2.07. The van der Waals surface area contributed by atoms with Gasteiger partial charge >= 0.3 is 0 Å². The Hall–Kier alpha value is -1.84. The Morgan fingerprint density at radius 3 is 3.00 bits per heavy atom. The van der Waals surface area contributed by atoms with Crippen molar-refractivity contribution in [3.63, 3.8) is 0 Å². The first-order valence-electron chi connectivity index (χ1n) is 6.40. The quantitative estimate of drug-likeness (QED) is 0.861. The van der Waals surface area contributed by atoms with E-state index in [4.69, 9.17) is 0 Å². The van der Waals surface area contributed by atoms with Crippen LogP contribution in [0.3, 0.4) is 0 Å². The van der Waals surface area contributed by atoms with Gasteiger partial charge in [0.25, 0.3) is 0 Å². The first-order valence-corrected chi connectivity index (χ1v) is 8.27. The predicted molar refractivity (Wildman–Crippen MR) is 85.3 cm³/mol. The molecule has 6 heteroatoms. The van der Waals surface area contributed by atoms with E-state index in [1.165, 1.54) is 11.8 Å². The van der Waals surface area contributed by atoms with Crippen LogP contribution in [-0.2, 0) is 11.3 Å². The van der Waals surface area contributed by atoms with Gasteiger partial charge in [-0.05, 0) is 36.9 Å². The number of amides is 1. The molecule has 0 aliphatic carbocycles. The number of thiophene rings is 1. The smallest absolute Gasteiger partial charge is 0.230 e. The van der Waals surface area contributed by atoms with E-state index >= 15 is 0 Å². The van der Waals surface area contributed by atoms with E-state index in [-0.39, 0.29) is 11.7 Å². The summed E-state index contributed by atoms with van der Waals surface area (Å²) in [6.07, 6.45) is 0. The summed E-state index contributed by atoms with van der Waals surface area (Å²) in [5.74, 6) is 0.203. The van der Waals surface area contributed by atoms with Crippen molar-refractivity contribution in [2.75, 3.05) is 5.75 Å². The highest BCUT2D eigenvalue weighted by Gasteiger charge is 2.11. The van der Waals surface area contributed by atoms with E-state index < -0.39 is 0 Å². The fraction of sp³-hybridized carbons (Fsp3) is 0.267. The third kappa shape index (κ3) is 4.31. The summed E-state index contributed by atoms with van der Waals surface area (Å²) >= 11 is 2.92. The van der Waals surface area contributed by atoms with Crippen LogP contribution in [0, 0.1) is 25.2 Å². The lowest BCUT2D eigenvalue weighted by molar-refractivity contribution is -0.118. The second-order valence-corrected chi connectivity index (χ2v) is 6.51. The number of nitrogens with zero attached hydrogens (tertiary/aromatic N) is 2. The van der Waals surface area contributed by atoms with Crippen molar-refractivity contribution in [1.29, 1.82) is 5.26 Å². The van der Waals surface area contributed by atoms with E-state index in [1.54, 1.807) is 11.3 Å². The molecule has 1 N–H and O–H groups in total. The van der Waals surface area contributed by atoms with Crippen LogP contribution >= 0.6 is 23.1 Å². The van der Waals surface area contributed by atoms with Crippen molar-refractivity contribution in [3.05, 3.63) is 45.3 Å². The van der Waals surface area contributed by atoms with Crippen molar-refractivity contribution < 1.29 is 4.79 Å². The van der Waals surface area contributed by atoms with Crippen molar-refractivity contribution in [1.82, 2.24) is 10.3 Å². The molecule has 0 fully saturated rings.